The van der Waals surface area contributed by atoms with Crippen molar-refractivity contribution in [3.05, 3.63) is 35.1 Å². The fourth-order valence-corrected chi connectivity index (χ4v) is 1.70. The van der Waals surface area contributed by atoms with Gasteiger partial charge >= 0.3 is 0 Å². The fraction of sp³-hybridized carbons (Fsp3) is 0.462. The highest BCUT2D eigenvalue weighted by molar-refractivity contribution is 5.78. The van der Waals surface area contributed by atoms with E-state index in [9.17, 15) is 9.18 Å². The van der Waals surface area contributed by atoms with Crippen LogP contribution in [0, 0.1) is 11.7 Å². The molecule has 0 aliphatic heterocycles. The summed E-state index contributed by atoms with van der Waals surface area (Å²) in [4.78, 5) is 10.9. The van der Waals surface area contributed by atoms with E-state index in [0.29, 0.717) is 12.3 Å². The lowest BCUT2D eigenvalue weighted by atomic mass is 9.99. The summed E-state index contributed by atoms with van der Waals surface area (Å²) in [6.07, 6.45) is 1.17. The molecule has 0 bridgehead atoms. The minimum Gasteiger partial charge on any atom is -0.300 e. The number of halogens is 1. The summed E-state index contributed by atoms with van der Waals surface area (Å²) in [5, 5.41) is 0. The summed E-state index contributed by atoms with van der Waals surface area (Å²) in [6.45, 7) is 5.71. The zero-order chi connectivity index (χ0) is 11.4. The van der Waals surface area contributed by atoms with Crippen LogP contribution in [0.1, 0.15) is 31.9 Å². The molecule has 1 rings (SSSR count). The Labute approximate surface area is 90.3 Å². The lowest BCUT2D eigenvalue weighted by molar-refractivity contribution is -0.116. The van der Waals surface area contributed by atoms with E-state index >= 15 is 0 Å². The quantitative estimate of drug-likeness (QED) is 0.742. The Morgan fingerprint density at radius 1 is 1.27 bits per heavy atom. The highest BCUT2D eigenvalue weighted by Gasteiger charge is 2.04. The molecular weight excluding hydrogens is 191 g/mol. The van der Waals surface area contributed by atoms with Crippen molar-refractivity contribution in [2.75, 3.05) is 0 Å². The second-order valence-corrected chi connectivity index (χ2v) is 4.44. The number of Topliss-reactive ketones (excluding diaryl/α,β-unsaturated/α-hetero) is 1. The molecule has 1 nitrogen and oxygen atoms in total. The van der Waals surface area contributed by atoms with Crippen molar-refractivity contribution in [3.63, 3.8) is 0 Å². The Morgan fingerprint density at radius 2 is 1.87 bits per heavy atom. The van der Waals surface area contributed by atoms with Crippen LogP contribution in [0.2, 0.25) is 0 Å². The van der Waals surface area contributed by atoms with Crippen LogP contribution in [0.5, 0.6) is 0 Å². The maximum Gasteiger partial charge on any atom is 0.134 e. The van der Waals surface area contributed by atoms with Crippen LogP contribution in [0.15, 0.2) is 18.2 Å². The molecule has 1 aromatic rings. The Balaban J connectivity index is 2.89. The van der Waals surface area contributed by atoms with Crippen LogP contribution in [0.3, 0.4) is 0 Å². The summed E-state index contributed by atoms with van der Waals surface area (Å²) in [5.74, 6) is 0.317. The van der Waals surface area contributed by atoms with E-state index in [4.69, 9.17) is 0 Å². The molecule has 82 valence electrons. The molecule has 0 heterocycles. The van der Waals surface area contributed by atoms with Gasteiger partial charge in [0.05, 0.1) is 0 Å². The molecular formula is C13H17FO. The van der Waals surface area contributed by atoms with Gasteiger partial charge < -0.3 is 0 Å². The Bertz CT molecular complexity index is 356. The van der Waals surface area contributed by atoms with Crippen molar-refractivity contribution >= 4 is 5.78 Å². The Morgan fingerprint density at radius 3 is 2.40 bits per heavy atom. The molecule has 0 atom stereocenters. The molecule has 0 fully saturated rings. The van der Waals surface area contributed by atoms with Crippen LogP contribution in [-0.4, -0.2) is 5.78 Å². The Kier molecular flexibility index (Phi) is 4.01. The van der Waals surface area contributed by atoms with Gasteiger partial charge in [-0.15, -0.1) is 0 Å². The van der Waals surface area contributed by atoms with E-state index in [1.54, 1.807) is 6.07 Å². The average Bonchev–Trinajstić information content (AvgIpc) is 1.98. The molecule has 0 amide bonds. The first-order valence-electron chi connectivity index (χ1n) is 5.25. The predicted molar refractivity (Wildman–Crippen MR) is 59.3 cm³/mol. The summed E-state index contributed by atoms with van der Waals surface area (Å²) in [6, 6.07) is 4.90. The second-order valence-electron chi connectivity index (χ2n) is 4.44. The van der Waals surface area contributed by atoms with Crippen molar-refractivity contribution in [2.24, 2.45) is 5.92 Å². The molecule has 0 aliphatic carbocycles. The third kappa shape index (κ3) is 4.24. The zero-order valence-corrected chi connectivity index (χ0v) is 9.51. The largest absolute Gasteiger partial charge is 0.300 e. The molecule has 0 spiro atoms. The van der Waals surface area contributed by atoms with Gasteiger partial charge in [-0.2, -0.15) is 0 Å². The fourth-order valence-electron chi connectivity index (χ4n) is 1.70. The first kappa shape index (κ1) is 11.9. The van der Waals surface area contributed by atoms with Crippen molar-refractivity contribution in [1.82, 2.24) is 0 Å². The third-order valence-electron chi connectivity index (χ3n) is 2.11. The number of carbonyl (C=O) groups is 1. The van der Waals surface area contributed by atoms with Gasteiger partial charge in [-0.3, -0.25) is 4.79 Å². The van der Waals surface area contributed by atoms with E-state index in [-0.39, 0.29) is 11.6 Å². The van der Waals surface area contributed by atoms with E-state index in [1.165, 1.54) is 13.0 Å². The van der Waals surface area contributed by atoms with E-state index in [0.717, 1.165) is 17.5 Å². The number of hydrogen-bond donors (Lipinski definition) is 0. The van der Waals surface area contributed by atoms with Gasteiger partial charge in [0, 0.05) is 6.42 Å². The minimum atomic E-state index is -0.246. The molecule has 0 unspecified atom stereocenters. The van der Waals surface area contributed by atoms with Gasteiger partial charge in [-0.25, -0.2) is 4.39 Å². The van der Waals surface area contributed by atoms with Crippen LogP contribution in [-0.2, 0) is 17.6 Å². The highest BCUT2D eigenvalue weighted by atomic mass is 19.1. The number of ketones is 1. The molecule has 0 N–H and O–H groups in total. The molecule has 0 aromatic heterocycles. The highest BCUT2D eigenvalue weighted by Crippen LogP contribution is 2.14. The Hall–Kier alpha value is -1.18. The van der Waals surface area contributed by atoms with Gasteiger partial charge in [0.25, 0.3) is 0 Å². The molecule has 2 heteroatoms. The summed E-state index contributed by atoms with van der Waals surface area (Å²) < 4.78 is 13.2. The van der Waals surface area contributed by atoms with Gasteiger partial charge in [-0.1, -0.05) is 19.9 Å². The van der Waals surface area contributed by atoms with Crippen LogP contribution >= 0.6 is 0 Å². The van der Waals surface area contributed by atoms with Crippen LogP contribution < -0.4 is 0 Å². The lowest BCUT2D eigenvalue weighted by Gasteiger charge is -2.07. The van der Waals surface area contributed by atoms with E-state index < -0.39 is 0 Å². The smallest absolute Gasteiger partial charge is 0.134 e. The van der Waals surface area contributed by atoms with Crippen molar-refractivity contribution in [2.45, 2.75) is 33.6 Å². The molecule has 0 radical (unpaired) electrons. The lowest BCUT2D eigenvalue weighted by Crippen LogP contribution is -2.00. The SMILES string of the molecule is CC(=O)Cc1cc(F)cc(CC(C)C)c1. The van der Waals surface area contributed by atoms with Crippen LogP contribution in [0.25, 0.3) is 0 Å². The van der Waals surface area contributed by atoms with E-state index in [1.807, 2.05) is 6.07 Å². The summed E-state index contributed by atoms with van der Waals surface area (Å²) in [5.41, 5.74) is 1.75. The van der Waals surface area contributed by atoms with Gasteiger partial charge in [0.2, 0.25) is 0 Å². The van der Waals surface area contributed by atoms with Gasteiger partial charge in [-0.05, 0) is 42.5 Å². The minimum absolute atomic E-state index is 0.0658. The average molecular weight is 208 g/mol. The summed E-state index contributed by atoms with van der Waals surface area (Å²) in [7, 11) is 0. The number of carbonyl (C=O) groups excluding carboxylic acids is 1. The van der Waals surface area contributed by atoms with Crippen molar-refractivity contribution < 1.29 is 9.18 Å². The monoisotopic (exact) mass is 208 g/mol. The first-order valence-corrected chi connectivity index (χ1v) is 5.25. The topological polar surface area (TPSA) is 17.1 Å². The normalized spacial score (nSPS) is 10.7. The predicted octanol–water partition coefficient (Wildman–Crippen LogP) is 3.16. The molecule has 1 aromatic carbocycles. The standard InChI is InChI=1S/C13H17FO/c1-9(2)4-11-6-12(5-10(3)15)8-13(14)7-11/h6-9H,4-5H2,1-3H3. The maximum absolute atomic E-state index is 13.2. The van der Waals surface area contributed by atoms with Crippen molar-refractivity contribution in [1.29, 1.82) is 0 Å². The zero-order valence-electron chi connectivity index (χ0n) is 9.51. The van der Waals surface area contributed by atoms with Gasteiger partial charge in [0.1, 0.15) is 11.6 Å². The van der Waals surface area contributed by atoms with E-state index in [2.05, 4.69) is 13.8 Å². The second kappa shape index (κ2) is 5.06. The first-order chi connectivity index (χ1) is 6.97. The molecule has 0 saturated carbocycles. The molecule has 15 heavy (non-hydrogen) atoms. The molecule has 0 saturated heterocycles. The number of benzene rings is 1. The third-order valence-corrected chi connectivity index (χ3v) is 2.11. The van der Waals surface area contributed by atoms with Crippen molar-refractivity contribution in [3.8, 4) is 0 Å². The maximum atomic E-state index is 13.2. The summed E-state index contributed by atoms with van der Waals surface area (Å²) >= 11 is 0. The van der Waals surface area contributed by atoms with Crippen LogP contribution in [0.4, 0.5) is 4.39 Å². The van der Waals surface area contributed by atoms with Gasteiger partial charge in [0.15, 0.2) is 0 Å². The number of hydrogen-bond acceptors (Lipinski definition) is 1. The number of rotatable bonds is 4. The molecule has 0 aliphatic rings.